The molecule has 1 unspecified atom stereocenters. The summed E-state index contributed by atoms with van der Waals surface area (Å²) in [6.07, 6.45) is 14.1. The number of hydrogen-bond donors (Lipinski definition) is 0. The highest BCUT2D eigenvalue weighted by Crippen LogP contribution is 2.47. The van der Waals surface area contributed by atoms with Gasteiger partial charge in [0.2, 0.25) is 0 Å². The molecule has 0 spiro atoms. The van der Waals surface area contributed by atoms with E-state index in [1.807, 2.05) is 0 Å². The zero-order valence-electron chi connectivity index (χ0n) is 27.6. The van der Waals surface area contributed by atoms with E-state index in [9.17, 15) is 0 Å². The van der Waals surface area contributed by atoms with E-state index >= 15 is 0 Å². The third kappa shape index (κ3) is 7.82. The molecule has 0 N–H and O–H groups in total. The van der Waals surface area contributed by atoms with Crippen LogP contribution in [0, 0.1) is 20.8 Å². The van der Waals surface area contributed by atoms with Crippen molar-refractivity contribution in [3.05, 3.63) is 45.6 Å². The van der Waals surface area contributed by atoms with Gasteiger partial charge in [0.15, 0.2) is 0 Å². The first-order valence-corrected chi connectivity index (χ1v) is 18.3. The van der Waals surface area contributed by atoms with E-state index < -0.39 is 8.32 Å². The van der Waals surface area contributed by atoms with E-state index in [1.165, 1.54) is 33.4 Å². The van der Waals surface area contributed by atoms with Gasteiger partial charge in [0.1, 0.15) is 17.1 Å². The molecule has 0 saturated carbocycles. The van der Waals surface area contributed by atoms with Crippen molar-refractivity contribution in [2.45, 2.75) is 163 Å². The molecule has 220 valence electrons. The SMILES string of the molecule is C/C(=C\CC[C@@]1(C)CCc2c(C)c(O[Si](C)(C)C(C)(C)C)c(C)c(C)c2O1)CC/C=C(\C)CCC1OC1(C)C. The Bertz CT molecular complexity index is 1100. The minimum absolute atomic E-state index is 0.110. The van der Waals surface area contributed by atoms with Crippen molar-refractivity contribution in [2.24, 2.45) is 0 Å². The van der Waals surface area contributed by atoms with Gasteiger partial charge in [0.05, 0.1) is 11.7 Å². The standard InChI is InChI=1S/C35H58O3Si/c1-24(16-14-17-25(2)19-20-30-34(9,10)36-30)18-15-22-35(11)23-21-29-28(5)31(26(3)27(4)32(29)37-35)38-39(12,13)33(6,7)8/h17-18,30H,14-16,19-23H2,1-13H3/b24-18+,25-17+/t30?,35-/m0/s1. The van der Waals surface area contributed by atoms with Crippen LogP contribution in [-0.4, -0.2) is 25.6 Å². The zero-order valence-corrected chi connectivity index (χ0v) is 28.6. The van der Waals surface area contributed by atoms with E-state index in [1.54, 1.807) is 0 Å². The Morgan fingerprint density at radius 1 is 0.949 bits per heavy atom. The summed E-state index contributed by atoms with van der Waals surface area (Å²) in [6, 6.07) is 0. The molecule has 1 aromatic carbocycles. The minimum Gasteiger partial charge on any atom is -0.543 e. The van der Waals surface area contributed by atoms with E-state index in [-0.39, 0.29) is 16.2 Å². The number of fused-ring (bicyclic) bond motifs is 1. The monoisotopic (exact) mass is 554 g/mol. The van der Waals surface area contributed by atoms with Gasteiger partial charge in [0, 0.05) is 5.56 Å². The zero-order chi connectivity index (χ0) is 29.4. The Hall–Kier alpha value is -1.52. The summed E-state index contributed by atoms with van der Waals surface area (Å²) in [6.45, 7) is 29.5. The van der Waals surface area contributed by atoms with Crippen LogP contribution in [0.3, 0.4) is 0 Å². The van der Waals surface area contributed by atoms with Crippen LogP contribution in [0.2, 0.25) is 18.1 Å². The maximum atomic E-state index is 6.87. The molecule has 1 fully saturated rings. The number of ether oxygens (including phenoxy) is 2. The molecule has 0 aliphatic carbocycles. The summed E-state index contributed by atoms with van der Waals surface area (Å²) in [5, 5.41) is 0.175. The molecule has 1 saturated heterocycles. The van der Waals surface area contributed by atoms with Gasteiger partial charge in [0.25, 0.3) is 8.32 Å². The van der Waals surface area contributed by atoms with Crippen molar-refractivity contribution in [2.75, 3.05) is 0 Å². The quantitative estimate of drug-likeness (QED) is 0.155. The van der Waals surface area contributed by atoms with Gasteiger partial charge >= 0.3 is 0 Å². The van der Waals surface area contributed by atoms with E-state index in [4.69, 9.17) is 13.9 Å². The molecule has 0 aromatic heterocycles. The molecule has 3 rings (SSSR count). The largest absolute Gasteiger partial charge is 0.543 e. The lowest BCUT2D eigenvalue weighted by atomic mass is 9.85. The van der Waals surface area contributed by atoms with Crippen molar-refractivity contribution in [1.82, 2.24) is 0 Å². The molecule has 2 aliphatic heterocycles. The Morgan fingerprint density at radius 2 is 1.54 bits per heavy atom. The molecule has 1 aromatic rings. The van der Waals surface area contributed by atoms with Gasteiger partial charge in [-0.05, 0) is 142 Å². The summed E-state index contributed by atoms with van der Waals surface area (Å²) in [4.78, 5) is 0. The van der Waals surface area contributed by atoms with Gasteiger partial charge in [-0.3, -0.25) is 0 Å². The van der Waals surface area contributed by atoms with Gasteiger partial charge in [-0.2, -0.15) is 0 Å². The third-order valence-corrected chi connectivity index (χ3v) is 14.2. The number of benzene rings is 1. The molecule has 0 amide bonds. The van der Waals surface area contributed by atoms with Crippen molar-refractivity contribution in [3.63, 3.8) is 0 Å². The second kappa shape index (κ2) is 11.8. The van der Waals surface area contributed by atoms with Crippen LogP contribution >= 0.6 is 0 Å². The molecule has 0 bridgehead atoms. The third-order valence-electron chi connectivity index (χ3n) is 9.89. The van der Waals surface area contributed by atoms with Gasteiger partial charge in [-0.15, -0.1) is 0 Å². The fraction of sp³-hybridized carbons (Fsp3) is 0.714. The average Bonchev–Trinajstić information content (AvgIpc) is 3.44. The minimum atomic E-state index is -1.92. The summed E-state index contributed by atoms with van der Waals surface area (Å²) in [7, 11) is -1.92. The lowest BCUT2D eigenvalue weighted by Gasteiger charge is -2.41. The maximum absolute atomic E-state index is 6.87. The molecule has 2 atom stereocenters. The summed E-state index contributed by atoms with van der Waals surface area (Å²) < 4.78 is 19.4. The van der Waals surface area contributed by atoms with Crippen LogP contribution in [0.25, 0.3) is 0 Å². The molecule has 0 radical (unpaired) electrons. The second-order valence-electron chi connectivity index (χ2n) is 14.9. The second-order valence-corrected chi connectivity index (χ2v) is 19.6. The first-order valence-electron chi connectivity index (χ1n) is 15.4. The molecular weight excluding hydrogens is 496 g/mol. The van der Waals surface area contributed by atoms with Crippen LogP contribution in [0.5, 0.6) is 11.5 Å². The van der Waals surface area contributed by atoms with Crippen molar-refractivity contribution < 1.29 is 13.9 Å². The fourth-order valence-corrected chi connectivity index (χ4v) is 6.61. The van der Waals surface area contributed by atoms with Gasteiger partial charge in [-0.25, -0.2) is 0 Å². The fourth-order valence-electron chi connectivity index (χ4n) is 5.49. The molecule has 3 nitrogen and oxygen atoms in total. The summed E-state index contributed by atoms with van der Waals surface area (Å²) in [5.41, 5.74) is 8.11. The van der Waals surface area contributed by atoms with Crippen molar-refractivity contribution in [3.8, 4) is 11.5 Å². The topological polar surface area (TPSA) is 31.0 Å². The van der Waals surface area contributed by atoms with E-state index in [2.05, 4.69) is 101 Å². The highest BCUT2D eigenvalue weighted by Gasteiger charge is 2.46. The number of epoxide rings is 1. The summed E-state index contributed by atoms with van der Waals surface area (Å²) >= 11 is 0. The lowest BCUT2D eigenvalue weighted by molar-refractivity contribution is 0.0559. The van der Waals surface area contributed by atoms with E-state index in [0.29, 0.717) is 6.10 Å². The first kappa shape index (κ1) is 32.0. The van der Waals surface area contributed by atoms with Crippen LogP contribution in [-0.2, 0) is 11.2 Å². The van der Waals surface area contributed by atoms with Gasteiger partial charge in [-0.1, -0.05) is 44.1 Å². The molecular formula is C35H58O3Si. The molecule has 4 heteroatoms. The normalized spacial score (nSPS) is 23.4. The molecule has 2 aliphatic rings. The van der Waals surface area contributed by atoms with Crippen molar-refractivity contribution in [1.29, 1.82) is 0 Å². The van der Waals surface area contributed by atoms with Crippen molar-refractivity contribution >= 4 is 8.32 Å². The molecule has 2 heterocycles. The van der Waals surface area contributed by atoms with Crippen LogP contribution < -0.4 is 9.16 Å². The average molecular weight is 555 g/mol. The first-order chi connectivity index (χ1) is 17.9. The Labute approximate surface area is 241 Å². The van der Waals surface area contributed by atoms with E-state index in [0.717, 1.165) is 62.9 Å². The highest BCUT2D eigenvalue weighted by molar-refractivity contribution is 6.74. The predicted molar refractivity (Wildman–Crippen MR) is 170 cm³/mol. The smallest absolute Gasteiger partial charge is 0.250 e. The highest BCUT2D eigenvalue weighted by atomic mass is 28.4. The maximum Gasteiger partial charge on any atom is 0.250 e. The Morgan fingerprint density at radius 3 is 2.13 bits per heavy atom. The predicted octanol–water partition coefficient (Wildman–Crippen LogP) is 10.5. The lowest BCUT2D eigenvalue weighted by Crippen LogP contribution is -2.44. The van der Waals surface area contributed by atoms with Crippen LogP contribution in [0.1, 0.15) is 123 Å². The van der Waals surface area contributed by atoms with Gasteiger partial charge < -0.3 is 13.9 Å². The van der Waals surface area contributed by atoms with Crippen LogP contribution in [0.4, 0.5) is 0 Å². The Kier molecular flexibility index (Phi) is 9.65. The Balaban J connectivity index is 1.57. The van der Waals surface area contributed by atoms with Crippen LogP contribution in [0.15, 0.2) is 23.3 Å². The molecule has 39 heavy (non-hydrogen) atoms. The number of rotatable bonds is 11. The number of allylic oxidation sites excluding steroid dienone is 4. The number of hydrogen-bond acceptors (Lipinski definition) is 3. The summed E-state index contributed by atoms with van der Waals surface area (Å²) in [5.74, 6) is 2.22.